The summed E-state index contributed by atoms with van der Waals surface area (Å²) >= 11 is 3.65. The van der Waals surface area contributed by atoms with Gasteiger partial charge in [0.2, 0.25) is 0 Å². The number of ketones is 1. The number of rotatable bonds is 3. The first kappa shape index (κ1) is 18.5. The normalized spacial score (nSPS) is 23.3. The van der Waals surface area contributed by atoms with Crippen LogP contribution in [0.1, 0.15) is 72.4 Å². The molecule has 3 heteroatoms. The van der Waals surface area contributed by atoms with Gasteiger partial charge in [-0.05, 0) is 76.7 Å². The molecule has 0 saturated carbocycles. The molecule has 1 aliphatic carbocycles. The molecule has 1 atom stereocenters. The number of ether oxygens (including phenoxy) is 1. The molecule has 1 aromatic carbocycles. The van der Waals surface area contributed by atoms with Crippen molar-refractivity contribution in [3.05, 3.63) is 27.7 Å². The third-order valence-electron chi connectivity index (χ3n) is 5.57. The van der Waals surface area contributed by atoms with E-state index in [0.717, 1.165) is 23.1 Å². The van der Waals surface area contributed by atoms with Gasteiger partial charge in [0.1, 0.15) is 11.5 Å². The highest BCUT2D eigenvalue weighted by Crippen LogP contribution is 2.55. The smallest absolute Gasteiger partial charge is 0.140 e. The lowest BCUT2D eigenvalue weighted by molar-refractivity contribution is -0.127. The zero-order valence-corrected chi connectivity index (χ0v) is 17.1. The average Bonchev–Trinajstić information content (AvgIpc) is 2.39. The summed E-state index contributed by atoms with van der Waals surface area (Å²) in [5.41, 5.74) is 1.90. The van der Waals surface area contributed by atoms with E-state index in [0.29, 0.717) is 6.61 Å². The minimum Gasteiger partial charge on any atom is -0.493 e. The second-order valence-electron chi connectivity index (χ2n) is 8.36. The van der Waals surface area contributed by atoms with Gasteiger partial charge >= 0.3 is 0 Å². The molecule has 0 heterocycles. The van der Waals surface area contributed by atoms with Crippen molar-refractivity contribution in [3.63, 3.8) is 0 Å². The van der Waals surface area contributed by atoms with E-state index >= 15 is 0 Å². The van der Waals surface area contributed by atoms with Crippen LogP contribution in [0.4, 0.5) is 0 Å². The summed E-state index contributed by atoms with van der Waals surface area (Å²) in [6, 6.07) is 4.28. The van der Waals surface area contributed by atoms with Crippen molar-refractivity contribution in [2.24, 2.45) is 5.41 Å². The summed E-state index contributed by atoms with van der Waals surface area (Å²) in [6.45, 7) is 15.5. The molecular formula is C20H29BrO2. The van der Waals surface area contributed by atoms with Gasteiger partial charge in [-0.25, -0.2) is 0 Å². The highest BCUT2D eigenvalue weighted by molar-refractivity contribution is 9.10. The largest absolute Gasteiger partial charge is 0.493 e. The summed E-state index contributed by atoms with van der Waals surface area (Å²) in [5.74, 6) is 1.13. The van der Waals surface area contributed by atoms with E-state index in [9.17, 15) is 4.79 Å². The van der Waals surface area contributed by atoms with Crippen molar-refractivity contribution in [2.45, 2.75) is 72.1 Å². The molecular weight excluding hydrogens is 352 g/mol. The fraction of sp³-hybridized carbons (Fsp3) is 0.650. The van der Waals surface area contributed by atoms with E-state index in [2.05, 4.69) is 62.7 Å². The highest BCUT2D eigenvalue weighted by atomic mass is 79.9. The van der Waals surface area contributed by atoms with Gasteiger partial charge < -0.3 is 4.74 Å². The SMILES string of the molecule is CCOc1cc2c(cc1Br)C(C(C)=O)(C(C)(C)C)CCC2(C)C. The van der Waals surface area contributed by atoms with Gasteiger partial charge in [-0.15, -0.1) is 0 Å². The van der Waals surface area contributed by atoms with E-state index in [4.69, 9.17) is 4.74 Å². The number of Topliss-reactive ketones (excluding diaryl/α,β-unsaturated/α-hetero) is 1. The summed E-state index contributed by atoms with van der Waals surface area (Å²) in [6.07, 6.45) is 1.90. The van der Waals surface area contributed by atoms with E-state index < -0.39 is 5.41 Å². The number of benzene rings is 1. The third kappa shape index (κ3) is 2.86. The quantitative estimate of drug-likeness (QED) is 0.662. The maximum atomic E-state index is 12.8. The first-order chi connectivity index (χ1) is 10.5. The molecule has 0 radical (unpaired) electrons. The predicted octanol–water partition coefficient (Wildman–Crippen LogP) is 5.79. The molecule has 0 aliphatic heterocycles. The molecule has 0 bridgehead atoms. The number of halogens is 1. The van der Waals surface area contributed by atoms with Crippen molar-refractivity contribution in [1.29, 1.82) is 0 Å². The Kier molecular flexibility index (Phi) is 4.76. The predicted molar refractivity (Wildman–Crippen MR) is 99.4 cm³/mol. The Bertz CT molecular complexity index is 625. The van der Waals surface area contributed by atoms with Gasteiger partial charge in [-0.1, -0.05) is 34.6 Å². The van der Waals surface area contributed by atoms with Gasteiger partial charge in [-0.3, -0.25) is 4.79 Å². The summed E-state index contributed by atoms with van der Waals surface area (Å²) in [4.78, 5) is 12.8. The highest BCUT2D eigenvalue weighted by Gasteiger charge is 2.53. The van der Waals surface area contributed by atoms with Crippen molar-refractivity contribution >= 4 is 21.7 Å². The first-order valence-electron chi connectivity index (χ1n) is 8.45. The lowest BCUT2D eigenvalue weighted by Crippen LogP contribution is -2.51. The molecule has 0 N–H and O–H groups in total. The lowest BCUT2D eigenvalue weighted by Gasteiger charge is -2.51. The molecule has 23 heavy (non-hydrogen) atoms. The Hall–Kier alpha value is -0.830. The van der Waals surface area contributed by atoms with Crippen LogP contribution in [0.2, 0.25) is 0 Å². The molecule has 1 aromatic rings. The number of carbonyl (C=O) groups is 1. The minimum absolute atomic E-state index is 0.0477. The van der Waals surface area contributed by atoms with E-state index in [1.807, 2.05) is 6.92 Å². The zero-order valence-electron chi connectivity index (χ0n) is 15.5. The van der Waals surface area contributed by atoms with Gasteiger partial charge in [0.25, 0.3) is 0 Å². The number of hydrogen-bond donors (Lipinski definition) is 0. The zero-order chi connectivity index (χ0) is 17.6. The minimum atomic E-state index is -0.439. The van der Waals surface area contributed by atoms with E-state index in [1.54, 1.807) is 6.92 Å². The Morgan fingerprint density at radius 3 is 2.30 bits per heavy atom. The van der Waals surface area contributed by atoms with Crippen LogP contribution < -0.4 is 4.74 Å². The van der Waals surface area contributed by atoms with Crippen LogP contribution in [0.3, 0.4) is 0 Å². The monoisotopic (exact) mass is 380 g/mol. The maximum absolute atomic E-state index is 12.8. The van der Waals surface area contributed by atoms with Crippen molar-refractivity contribution < 1.29 is 9.53 Å². The number of fused-ring (bicyclic) bond motifs is 1. The van der Waals surface area contributed by atoms with Crippen molar-refractivity contribution in [3.8, 4) is 5.75 Å². The van der Waals surface area contributed by atoms with Gasteiger partial charge in [0, 0.05) is 0 Å². The Balaban J connectivity index is 2.81. The molecule has 1 aliphatic rings. The number of carbonyl (C=O) groups excluding carboxylic acids is 1. The Labute approximate surface area is 149 Å². The standard InChI is InChI=1S/C20H29BrO2/c1-8-23-17-12-14-15(11-16(17)21)20(13(2)22,18(3,4)5)10-9-19(14,6)7/h11-12H,8-10H2,1-7H3. The van der Waals surface area contributed by atoms with Crippen LogP contribution in [0.5, 0.6) is 5.75 Å². The fourth-order valence-corrected chi connectivity index (χ4v) is 4.63. The Morgan fingerprint density at radius 2 is 1.83 bits per heavy atom. The van der Waals surface area contributed by atoms with Crippen molar-refractivity contribution in [2.75, 3.05) is 6.61 Å². The van der Waals surface area contributed by atoms with Crippen LogP contribution in [-0.2, 0) is 15.6 Å². The molecule has 2 rings (SSSR count). The lowest BCUT2D eigenvalue weighted by atomic mass is 9.51. The fourth-order valence-electron chi connectivity index (χ4n) is 4.17. The molecule has 0 aromatic heterocycles. The molecule has 0 spiro atoms. The van der Waals surface area contributed by atoms with Gasteiger partial charge in [0.05, 0.1) is 16.5 Å². The van der Waals surface area contributed by atoms with Crippen LogP contribution in [0.25, 0.3) is 0 Å². The molecule has 128 valence electrons. The van der Waals surface area contributed by atoms with E-state index in [-0.39, 0.29) is 16.6 Å². The molecule has 1 unspecified atom stereocenters. The van der Waals surface area contributed by atoms with E-state index in [1.165, 1.54) is 11.1 Å². The molecule has 0 fully saturated rings. The van der Waals surface area contributed by atoms with Crippen LogP contribution >= 0.6 is 15.9 Å². The van der Waals surface area contributed by atoms with Crippen molar-refractivity contribution in [1.82, 2.24) is 0 Å². The van der Waals surface area contributed by atoms with Crippen LogP contribution in [0.15, 0.2) is 16.6 Å². The molecule has 0 saturated heterocycles. The van der Waals surface area contributed by atoms with Gasteiger partial charge in [-0.2, -0.15) is 0 Å². The Morgan fingerprint density at radius 1 is 1.22 bits per heavy atom. The molecule has 2 nitrogen and oxygen atoms in total. The number of hydrogen-bond acceptors (Lipinski definition) is 2. The second kappa shape index (κ2) is 5.91. The van der Waals surface area contributed by atoms with Gasteiger partial charge in [0.15, 0.2) is 0 Å². The topological polar surface area (TPSA) is 26.3 Å². The average molecular weight is 381 g/mol. The maximum Gasteiger partial charge on any atom is 0.140 e. The second-order valence-corrected chi connectivity index (χ2v) is 9.21. The van der Waals surface area contributed by atoms with Crippen LogP contribution in [0, 0.1) is 5.41 Å². The third-order valence-corrected chi connectivity index (χ3v) is 6.19. The molecule has 0 amide bonds. The summed E-state index contributed by atoms with van der Waals surface area (Å²) < 4.78 is 6.71. The van der Waals surface area contributed by atoms with Crippen LogP contribution in [-0.4, -0.2) is 12.4 Å². The first-order valence-corrected chi connectivity index (χ1v) is 9.25. The summed E-state index contributed by atoms with van der Waals surface area (Å²) in [5, 5.41) is 0. The summed E-state index contributed by atoms with van der Waals surface area (Å²) in [7, 11) is 0.